The van der Waals surface area contributed by atoms with Gasteiger partial charge in [0, 0.05) is 19.6 Å². The number of nitrogens with two attached hydrogens (primary N) is 1. The second-order valence-electron chi connectivity index (χ2n) is 17.0. The quantitative estimate of drug-likeness (QED) is 0.0268. The number of unbranched alkanes of at least 4 members (excludes halogenated alkanes) is 22. The molecule has 0 fully saturated rings. The van der Waals surface area contributed by atoms with E-state index in [4.69, 9.17) is 24.3 Å². The van der Waals surface area contributed by atoms with Crippen molar-refractivity contribution < 1.29 is 32.8 Å². The van der Waals surface area contributed by atoms with E-state index in [1.165, 1.54) is 116 Å². The van der Waals surface area contributed by atoms with Gasteiger partial charge in [-0.2, -0.15) is 0 Å². The lowest BCUT2D eigenvalue weighted by Crippen LogP contribution is -2.28. The number of phosphoric ester groups is 1. The molecule has 64 heavy (non-hydrogen) atoms. The molecule has 0 aliphatic heterocycles. The van der Waals surface area contributed by atoms with E-state index in [1.807, 2.05) is 0 Å². The zero-order chi connectivity index (χ0) is 46.5. The molecule has 0 aliphatic carbocycles. The highest BCUT2D eigenvalue weighted by Gasteiger charge is 2.25. The minimum atomic E-state index is -4.29. The summed E-state index contributed by atoms with van der Waals surface area (Å²) in [6.45, 7) is 4.78. The summed E-state index contributed by atoms with van der Waals surface area (Å²) < 4.78 is 33.6. The van der Waals surface area contributed by atoms with Gasteiger partial charge < -0.3 is 20.1 Å². The lowest BCUT2D eigenvalue weighted by molar-refractivity contribution is -0.154. The fourth-order valence-corrected chi connectivity index (χ4v) is 7.76. The maximum absolute atomic E-state index is 12.7. The van der Waals surface area contributed by atoms with Crippen LogP contribution in [0.5, 0.6) is 0 Å². The van der Waals surface area contributed by atoms with Gasteiger partial charge in [0.1, 0.15) is 6.10 Å². The fraction of sp³-hybridized carbons (Fsp3) is 0.727. The number of hydrogen-bond acceptors (Lipinski definition) is 7. The van der Waals surface area contributed by atoms with Crippen LogP contribution in [0, 0.1) is 0 Å². The van der Waals surface area contributed by atoms with E-state index in [2.05, 4.69) is 98.9 Å². The lowest BCUT2D eigenvalue weighted by atomic mass is 10.1. The first-order valence-corrected chi connectivity index (χ1v) is 27.6. The van der Waals surface area contributed by atoms with Crippen LogP contribution in [0.3, 0.4) is 0 Å². The molecule has 0 radical (unpaired) electrons. The van der Waals surface area contributed by atoms with Crippen molar-refractivity contribution in [2.45, 2.75) is 225 Å². The Morgan fingerprint density at radius 2 is 0.875 bits per heavy atom. The Labute approximate surface area is 394 Å². The normalized spacial score (nSPS) is 14.0. The SMILES string of the molecule is CC/C=C\C/C=C\C/C=C\C/C=C\CCCCCCCCCCCCCOCC(COP(=O)(O)OCCN)OC(=O)CCCCCCCC/C=C\C/C=C\C/C=C\CCCCCCC. The van der Waals surface area contributed by atoms with E-state index in [0.29, 0.717) is 13.0 Å². The van der Waals surface area contributed by atoms with Gasteiger partial charge in [-0.1, -0.05) is 208 Å². The number of carbonyl (C=O) groups is 1. The lowest BCUT2D eigenvalue weighted by Gasteiger charge is -2.20. The molecule has 2 atom stereocenters. The van der Waals surface area contributed by atoms with Gasteiger partial charge in [-0.3, -0.25) is 13.8 Å². The van der Waals surface area contributed by atoms with Crippen LogP contribution in [-0.4, -0.2) is 49.9 Å². The molecule has 0 spiro atoms. The number of rotatable bonds is 49. The molecule has 0 heterocycles. The van der Waals surface area contributed by atoms with Crippen LogP contribution in [0.4, 0.5) is 0 Å². The van der Waals surface area contributed by atoms with Crippen molar-refractivity contribution in [2.24, 2.45) is 5.73 Å². The molecule has 0 aromatic rings. The predicted molar refractivity (Wildman–Crippen MR) is 275 cm³/mol. The fourth-order valence-electron chi connectivity index (χ4n) is 7.00. The molecule has 0 bridgehead atoms. The van der Waals surface area contributed by atoms with Crippen molar-refractivity contribution in [1.82, 2.24) is 0 Å². The van der Waals surface area contributed by atoms with Crippen molar-refractivity contribution in [2.75, 3.05) is 33.0 Å². The first kappa shape index (κ1) is 61.7. The Kier molecular flexibility index (Phi) is 49.8. The molecule has 0 aliphatic rings. The number of phosphoric acid groups is 1. The molecule has 0 amide bonds. The molecule has 3 N–H and O–H groups in total. The van der Waals surface area contributed by atoms with E-state index in [0.717, 1.165) is 83.5 Å². The Bertz CT molecular complexity index is 1260. The van der Waals surface area contributed by atoms with Gasteiger partial charge in [0.25, 0.3) is 0 Å². The summed E-state index contributed by atoms with van der Waals surface area (Å²) in [6, 6.07) is 0. The Hall–Kier alpha value is -2.32. The summed E-state index contributed by atoms with van der Waals surface area (Å²) in [6.07, 6.45) is 67.6. The highest BCUT2D eigenvalue weighted by molar-refractivity contribution is 7.47. The van der Waals surface area contributed by atoms with Crippen molar-refractivity contribution in [1.29, 1.82) is 0 Å². The van der Waals surface area contributed by atoms with E-state index in [9.17, 15) is 14.3 Å². The first-order valence-electron chi connectivity index (χ1n) is 26.1. The highest BCUT2D eigenvalue weighted by Crippen LogP contribution is 2.43. The van der Waals surface area contributed by atoms with Gasteiger partial charge in [0.05, 0.1) is 19.8 Å². The third kappa shape index (κ3) is 50.7. The average Bonchev–Trinajstić information content (AvgIpc) is 3.29. The maximum Gasteiger partial charge on any atom is 0.472 e. The molecule has 8 nitrogen and oxygen atoms in total. The standard InChI is InChI=1S/C55H98NO7P/c1-3-5-7-9-11-13-15-17-19-21-23-25-26-27-29-31-33-35-37-39-41-43-45-47-50-60-52-54(53-62-64(58,59)61-51-49-56)63-55(57)48-46-44-42-40-38-36-34-32-30-28-24-22-20-18-16-14-12-10-8-6-4-2/h5,7,11,13,16-19,22-25,30,32,54H,3-4,6,8-10,12,14-15,20-21,26-29,31,33-53,56H2,1-2H3,(H,58,59)/b7-5-,13-11-,18-16-,19-17-,24-22-,25-23-,32-30-. The zero-order valence-corrected chi connectivity index (χ0v) is 42.1. The smallest absolute Gasteiger partial charge is 0.457 e. The first-order chi connectivity index (χ1) is 31.4. The Balaban J connectivity index is 3.98. The molecule has 0 rings (SSSR count). The third-order valence-electron chi connectivity index (χ3n) is 10.8. The van der Waals surface area contributed by atoms with Gasteiger partial charge >= 0.3 is 13.8 Å². The van der Waals surface area contributed by atoms with E-state index in [1.54, 1.807) is 0 Å². The molecular weight excluding hydrogens is 818 g/mol. The molecule has 370 valence electrons. The van der Waals surface area contributed by atoms with Crippen molar-refractivity contribution >= 4 is 13.8 Å². The van der Waals surface area contributed by atoms with Crippen LogP contribution in [0.15, 0.2) is 85.1 Å². The average molecular weight is 916 g/mol. The monoisotopic (exact) mass is 916 g/mol. The van der Waals surface area contributed by atoms with E-state index in [-0.39, 0.29) is 32.3 Å². The van der Waals surface area contributed by atoms with Crippen LogP contribution >= 0.6 is 7.82 Å². The summed E-state index contributed by atoms with van der Waals surface area (Å²) in [5, 5.41) is 0. The summed E-state index contributed by atoms with van der Waals surface area (Å²) in [4.78, 5) is 22.6. The molecule has 0 aromatic carbocycles. The molecular formula is C55H98NO7P. The Morgan fingerprint density at radius 1 is 0.484 bits per heavy atom. The second kappa shape index (κ2) is 51.7. The molecule has 0 saturated carbocycles. The predicted octanol–water partition coefficient (Wildman–Crippen LogP) is 16.4. The summed E-state index contributed by atoms with van der Waals surface area (Å²) >= 11 is 0. The van der Waals surface area contributed by atoms with E-state index < -0.39 is 13.9 Å². The third-order valence-corrected chi connectivity index (χ3v) is 11.8. The number of hydrogen-bond donors (Lipinski definition) is 2. The minimum Gasteiger partial charge on any atom is -0.457 e. The number of carbonyl (C=O) groups excluding carboxylic acids is 1. The van der Waals surface area contributed by atoms with Gasteiger partial charge in [-0.25, -0.2) is 4.57 Å². The molecule has 0 saturated heterocycles. The van der Waals surface area contributed by atoms with Gasteiger partial charge in [0.15, 0.2) is 0 Å². The van der Waals surface area contributed by atoms with Gasteiger partial charge in [-0.15, -0.1) is 0 Å². The number of ether oxygens (including phenoxy) is 2. The van der Waals surface area contributed by atoms with Crippen LogP contribution in [0.1, 0.15) is 219 Å². The van der Waals surface area contributed by atoms with Crippen molar-refractivity contribution in [3.63, 3.8) is 0 Å². The topological polar surface area (TPSA) is 117 Å². The highest BCUT2D eigenvalue weighted by atomic mass is 31.2. The molecule has 9 heteroatoms. The van der Waals surface area contributed by atoms with Gasteiger partial charge in [-0.05, 0) is 89.9 Å². The Morgan fingerprint density at radius 3 is 1.31 bits per heavy atom. The van der Waals surface area contributed by atoms with Crippen molar-refractivity contribution in [3.05, 3.63) is 85.1 Å². The summed E-state index contributed by atoms with van der Waals surface area (Å²) in [7, 11) is -4.29. The molecule has 2 unspecified atom stereocenters. The van der Waals surface area contributed by atoms with Gasteiger partial charge in [0.2, 0.25) is 0 Å². The summed E-state index contributed by atoms with van der Waals surface area (Å²) in [5.74, 6) is -0.345. The maximum atomic E-state index is 12.7. The molecule has 0 aromatic heterocycles. The minimum absolute atomic E-state index is 0.0936. The van der Waals surface area contributed by atoms with E-state index >= 15 is 0 Å². The zero-order valence-electron chi connectivity index (χ0n) is 41.2. The van der Waals surface area contributed by atoms with Crippen molar-refractivity contribution in [3.8, 4) is 0 Å². The number of esters is 1. The largest absolute Gasteiger partial charge is 0.472 e. The summed E-state index contributed by atoms with van der Waals surface area (Å²) in [5.41, 5.74) is 5.39. The second-order valence-corrected chi connectivity index (χ2v) is 18.5. The van der Waals surface area contributed by atoms with Crippen LogP contribution < -0.4 is 5.73 Å². The number of allylic oxidation sites excluding steroid dienone is 14. The van der Waals surface area contributed by atoms with Crippen LogP contribution in [-0.2, 0) is 27.9 Å². The van der Waals surface area contributed by atoms with Crippen LogP contribution in [0.25, 0.3) is 0 Å². The van der Waals surface area contributed by atoms with Crippen LogP contribution in [0.2, 0.25) is 0 Å².